The molecule has 1 aromatic rings. The fourth-order valence-corrected chi connectivity index (χ4v) is 1.82. The van der Waals surface area contributed by atoms with Crippen LogP contribution in [0.5, 0.6) is 0 Å². The van der Waals surface area contributed by atoms with E-state index >= 15 is 0 Å². The number of rotatable bonds is 7. The third-order valence-electron chi connectivity index (χ3n) is 2.95. The van der Waals surface area contributed by atoms with Crippen molar-refractivity contribution in [2.75, 3.05) is 31.5 Å². The summed E-state index contributed by atoms with van der Waals surface area (Å²) < 4.78 is 38.1. The fraction of sp³-hybridized carbons (Fsp3) is 0.615. The van der Waals surface area contributed by atoms with E-state index in [0.29, 0.717) is 6.54 Å². The predicted molar refractivity (Wildman–Crippen MR) is 70.1 cm³/mol. The molecule has 0 spiro atoms. The van der Waals surface area contributed by atoms with Crippen molar-refractivity contribution in [3.8, 4) is 0 Å². The Morgan fingerprint density at radius 2 is 1.95 bits per heavy atom. The number of nitrogens with one attached hydrogen (secondary N) is 1. The van der Waals surface area contributed by atoms with Crippen LogP contribution in [-0.2, 0) is 6.18 Å². The molecule has 0 atom stereocenters. The van der Waals surface area contributed by atoms with Crippen molar-refractivity contribution in [2.45, 2.75) is 26.4 Å². The van der Waals surface area contributed by atoms with Crippen LogP contribution in [0.4, 0.5) is 19.0 Å². The summed E-state index contributed by atoms with van der Waals surface area (Å²) in [5.74, 6) is -0.0884. The van der Waals surface area contributed by atoms with Gasteiger partial charge in [-0.1, -0.05) is 13.8 Å². The van der Waals surface area contributed by atoms with Gasteiger partial charge in [0.15, 0.2) is 0 Å². The average molecular weight is 275 g/mol. The quantitative estimate of drug-likeness (QED) is 0.774. The number of aromatic nitrogens is 1. The summed E-state index contributed by atoms with van der Waals surface area (Å²) in [4.78, 5) is 5.98. The molecule has 0 fully saturated rings. The normalized spacial score (nSPS) is 11.9. The molecule has 0 aromatic carbocycles. The summed E-state index contributed by atoms with van der Waals surface area (Å²) in [5, 5.41) is 2.77. The summed E-state index contributed by atoms with van der Waals surface area (Å²) in [6, 6.07) is 2.34. The molecule has 108 valence electrons. The third kappa shape index (κ3) is 5.06. The number of alkyl halides is 3. The van der Waals surface area contributed by atoms with Gasteiger partial charge in [-0.25, -0.2) is 4.98 Å². The van der Waals surface area contributed by atoms with Crippen LogP contribution >= 0.6 is 0 Å². The van der Waals surface area contributed by atoms with Crippen molar-refractivity contribution in [2.24, 2.45) is 0 Å². The molecule has 0 saturated heterocycles. The van der Waals surface area contributed by atoms with Gasteiger partial charge in [0.1, 0.15) is 5.82 Å². The molecule has 0 bridgehead atoms. The van der Waals surface area contributed by atoms with Crippen LogP contribution in [0.25, 0.3) is 0 Å². The number of hydrogen-bond donors (Lipinski definition) is 1. The number of pyridine rings is 1. The zero-order valence-corrected chi connectivity index (χ0v) is 11.3. The Morgan fingerprint density at radius 1 is 1.26 bits per heavy atom. The lowest BCUT2D eigenvalue weighted by Crippen LogP contribution is -2.25. The average Bonchev–Trinajstić information content (AvgIpc) is 2.38. The molecule has 0 aliphatic heterocycles. The minimum atomic E-state index is -4.37. The van der Waals surface area contributed by atoms with Crippen LogP contribution in [0.15, 0.2) is 18.3 Å². The molecule has 1 aromatic heterocycles. The van der Waals surface area contributed by atoms with Gasteiger partial charge >= 0.3 is 6.18 Å². The minimum Gasteiger partial charge on any atom is -0.370 e. The second-order valence-electron chi connectivity index (χ2n) is 4.20. The van der Waals surface area contributed by atoms with Gasteiger partial charge < -0.3 is 10.2 Å². The second kappa shape index (κ2) is 7.33. The molecule has 0 aliphatic rings. The molecule has 3 nitrogen and oxygen atoms in total. The Hall–Kier alpha value is -1.30. The first kappa shape index (κ1) is 15.8. The second-order valence-corrected chi connectivity index (χ2v) is 4.20. The number of nitrogens with zero attached hydrogens (tertiary/aromatic N) is 2. The van der Waals surface area contributed by atoms with Crippen molar-refractivity contribution >= 4 is 5.82 Å². The summed E-state index contributed by atoms with van der Waals surface area (Å²) >= 11 is 0. The highest BCUT2D eigenvalue weighted by atomic mass is 19.4. The van der Waals surface area contributed by atoms with Crippen molar-refractivity contribution < 1.29 is 13.2 Å². The number of hydrogen-bond acceptors (Lipinski definition) is 3. The van der Waals surface area contributed by atoms with Crippen molar-refractivity contribution in [3.63, 3.8) is 0 Å². The minimum absolute atomic E-state index is 0.0884. The van der Waals surface area contributed by atoms with Crippen LogP contribution in [-0.4, -0.2) is 36.1 Å². The van der Waals surface area contributed by atoms with Gasteiger partial charge in [-0.15, -0.1) is 0 Å². The summed E-state index contributed by atoms with van der Waals surface area (Å²) in [5.41, 5.74) is -0.710. The molecule has 0 amide bonds. The highest BCUT2D eigenvalue weighted by Gasteiger charge is 2.33. The molecule has 19 heavy (non-hydrogen) atoms. The Bertz CT molecular complexity index is 376. The molecule has 1 N–H and O–H groups in total. The first-order chi connectivity index (χ1) is 8.99. The van der Waals surface area contributed by atoms with Gasteiger partial charge in [-0.05, 0) is 38.2 Å². The van der Waals surface area contributed by atoms with Gasteiger partial charge in [-0.2, -0.15) is 13.2 Å². The maximum absolute atomic E-state index is 12.7. The van der Waals surface area contributed by atoms with Crippen LogP contribution < -0.4 is 5.32 Å². The molecular formula is C13H20F3N3. The predicted octanol–water partition coefficient (Wildman–Crippen LogP) is 3.24. The van der Waals surface area contributed by atoms with E-state index in [9.17, 15) is 13.2 Å². The van der Waals surface area contributed by atoms with E-state index in [-0.39, 0.29) is 5.82 Å². The van der Waals surface area contributed by atoms with E-state index in [2.05, 4.69) is 29.0 Å². The SMILES string of the molecule is CCN(CC)CCCNc1ncccc1C(F)(F)F. The molecule has 0 unspecified atom stereocenters. The van der Waals surface area contributed by atoms with Crippen molar-refractivity contribution in [3.05, 3.63) is 23.9 Å². The molecular weight excluding hydrogens is 255 g/mol. The zero-order chi connectivity index (χ0) is 14.3. The van der Waals surface area contributed by atoms with Crippen molar-refractivity contribution in [1.29, 1.82) is 0 Å². The summed E-state index contributed by atoms with van der Waals surface area (Å²) in [6.45, 7) is 7.39. The summed E-state index contributed by atoms with van der Waals surface area (Å²) in [7, 11) is 0. The molecule has 0 aliphatic carbocycles. The van der Waals surface area contributed by atoms with Gasteiger partial charge in [0.2, 0.25) is 0 Å². The monoisotopic (exact) mass is 275 g/mol. The Labute approximate surface area is 111 Å². The topological polar surface area (TPSA) is 28.2 Å². The van der Waals surface area contributed by atoms with Gasteiger partial charge in [0.05, 0.1) is 5.56 Å². The fourth-order valence-electron chi connectivity index (χ4n) is 1.82. The van der Waals surface area contributed by atoms with Gasteiger partial charge in [0, 0.05) is 12.7 Å². The van der Waals surface area contributed by atoms with Crippen molar-refractivity contribution in [1.82, 2.24) is 9.88 Å². The lowest BCUT2D eigenvalue weighted by molar-refractivity contribution is -0.137. The summed E-state index contributed by atoms with van der Waals surface area (Å²) in [6.07, 6.45) is -2.22. The number of anilines is 1. The lowest BCUT2D eigenvalue weighted by Gasteiger charge is -2.18. The third-order valence-corrected chi connectivity index (χ3v) is 2.95. The largest absolute Gasteiger partial charge is 0.419 e. The Kier molecular flexibility index (Phi) is 6.08. The maximum atomic E-state index is 12.7. The first-order valence-electron chi connectivity index (χ1n) is 6.47. The van der Waals surface area contributed by atoms with E-state index in [4.69, 9.17) is 0 Å². The highest BCUT2D eigenvalue weighted by molar-refractivity contribution is 5.45. The van der Waals surface area contributed by atoms with E-state index < -0.39 is 11.7 Å². The van der Waals surface area contributed by atoms with E-state index in [0.717, 1.165) is 32.1 Å². The van der Waals surface area contributed by atoms with Gasteiger partial charge in [0.25, 0.3) is 0 Å². The number of halogens is 3. The zero-order valence-electron chi connectivity index (χ0n) is 11.3. The van der Waals surface area contributed by atoms with E-state index in [1.54, 1.807) is 0 Å². The lowest BCUT2D eigenvalue weighted by atomic mass is 10.2. The molecule has 1 rings (SSSR count). The molecule has 0 saturated carbocycles. The first-order valence-corrected chi connectivity index (χ1v) is 6.47. The van der Waals surface area contributed by atoms with Crippen LogP contribution in [0.3, 0.4) is 0 Å². The Morgan fingerprint density at radius 3 is 2.53 bits per heavy atom. The maximum Gasteiger partial charge on any atom is 0.419 e. The van der Waals surface area contributed by atoms with E-state index in [1.165, 1.54) is 12.3 Å². The van der Waals surface area contributed by atoms with Gasteiger partial charge in [-0.3, -0.25) is 0 Å². The molecule has 0 radical (unpaired) electrons. The Balaban J connectivity index is 2.50. The molecule has 6 heteroatoms. The highest BCUT2D eigenvalue weighted by Crippen LogP contribution is 2.33. The standard InChI is InChI=1S/C13H20F3N3/c1-3-19(4-2)10-6-9-18-12-11(13(14,15)16)7-5-8-17-12/h5,7-8H,3-4,6,9-10H2,1-2H3,(H,17,18). The van der Waals surface area contributed by atoms with E-state index in [1.807, 2.05) is 0 Å². The molecule has 1 heterocycles. The van der Waals surface area contributed by atoms with Crippen LogP contribution in [0, 0.1) is 0 Å². The van der Waals surface area contributed by atoms with Crippen LogP contribution in [0.1, 0.15) is 25.8 Å². The van der Waals surface area contributed by atoms with Crippen LogP contribution in [0.2, 0.25) is 0 Å². The smallest absolute Gasteiger partial charge is 0.370 e.